The highest BCUT2D eigenvalue weighted by atomic mass is 79.9. The van der Waals surface area contributed by atoms with Gasteiger partial charge in [-0.05, 0) is 46.5 Å². The van der Waals surface area contributed by atoms with Crippen LogP contribution in [0.2, 0.25) is 0 Å². The van der Waals surface area contributed by atoms with Crippen molar-refractivity contribution in [2.24, 2.45) is 5.92 Å². The topological polar surface area (TPSA) is 75.7 Å². The summed E-state index contributed by atoms with van der Waals surface area (Å²) in [5.74, 6) is -2.41. The lowest BCUT2D eigenvalue weighted by Crippen LogP contribution is -2.51. The van der Waals surface area contributed by atoms with E-state index in [1.807, 2.05) is 138 Å². The molecule has 4 atom stereocenters. The first-order chi connectivity index (χ1) is 23.0. The van der Waals surface area contributed by atoms with E-state index >= 15 is 4.79 Å². The molecular weight excluding hydrogens is 652 g/mol. The molecule has 0 unspecified atom stereocenters. The summed E-state index contributed by atoms with van der Waals surface area (Å²) in [4.78, 5) is 46.7. The van der Waals surface area contributed by atoms with E-state index in [4.69, 9.17) is 4.74 Å². The first-order valence-corrected chi connectivity index (χ1v) is 16.3. The number of halogens is 1. The lowest BCUT2D eigenvalue weighted by atomic mass is 9.66. The Hall–Kier alpha value is -5.27. The molecule has 230 valence electrons. The molecule has 3 aliphatic rings. The lowest BCUT2D eigenvalue weighted by molar-refractivity contribution is -0.156. The number of fused-ring (bicyclic) bond motifs is 6. The molecule has 5 aromatic rings. The van der Waals surface area contributed by atoms with E-state index in [9.17, 15) is 9.59 Å². The van der Waals surface area contributed by atoms with Crippen molar-refractivity contribution in [2.45, 2.75) is 23.6 Å². The van der Waals surface area contributed by atoms with E-state index < -0.39 is 35.5 Å². The van der Waals surface area contributed by atoms with E-state index in [0.717, 1.165) is 26.9 Å². The number of para-hydroxylation sites is 2. The quantitative estimate of drug-likeness (QED) is 0.147. The second-order valence-electron chi connectivity index (χ2n) is 12.1. The fourth-order valence-electron chi connectivity index (χ4n) is 7.64. The first kappa shape index (κ1) is 29.2. The fourth-order valence-corrected chi connectivity index (χ4v) is 7.91. The van der Waals surface area contributed by atoms with Crippen molar-refractivity contribution in [3.63, 3.8) is 0 Å². The molecule has 0 aliphatic carbocycles. The molecule has 1 saturated heterocycles. The highest BCUT2D eigenvalue weighted by Crippen LogP contribution is 2.58. The Labute approximate surface area is 280 Å². The van der Waals surface area contributed by atoms with E-state index in [2.05, 4.69) is 21.2 Å². The predicted octanol–water partition coefficient (Wildman–Crippen LogP) is 7.76. The SMILES string of the molecule is O=C(c1ccc(Br)cc1)[C@@H]1[C@H](C(=O)OC(c2ccccc2)c2ccccc2)[C@@]2(C(=O)Nc3ccccc32)[C@H]2C=Cc3ccccc3N12. The van der Waals surface area contributed by atoms with Crippen molar-refractivity contribution in [1.82, 2.24) is 0 Å². The maximum atomic E-state index is 15.2. The third kappa shape index (κ3) is 4.56. The number of amides is 1. The van der Waals surface area contributed by atoms with Gasteiger partial charge in [0.1, 0.15) is 17.4 Å². The van der Waals surface area contributed by atoms with Gasteiger partial charge in [0.2, 0.25) is 5.91 Å². The van der Waals surface area contributed by atoms with Crippen molar-refractivity contribution in [2.75, 3.05) is 10.2 Å². The third-order valence-electron chi connectivity index (χ3n) is 9.63. The standard InChI is InChI=1S/C40H29BrN2O4/c41-29-22-19-26(20-23-29)36(44)35-34(38(45)47-37(27-12-3-1-4-13-27)28-14-5-2-6-15-28)40(30-16-8-9-17-31(30)42-39(40)46)33-24-21-25-11-7-10-18-32(25)43(33)35/h1-24,33-35,37H,(H,42,46)/t33-,34-,35+,40+/m1/s1. The van der Waals surface area contributed by atoms with Crippen LogP contribution in [0.15, 0.2) is 144 Å². The average Bonchev–Trinajstić information content (AvgIpc) is 3.60. The number of carbonyl (C=O) groups is 3. The molecule has 47 heavy (non-hydrogen) atoms. The minimum absolute atomic E-state index is 0.264. The average molecular weight is 682 g/mol. The molecule has 5 aromatic carbocycles. The smallest absolute Gasteiger partial charge is 0.314 e. The Bertz CT molecular complexity index is 2010. The minimum atomic E-state index is -1.45. The van der Waals surface area contributed by atoms with Gasteiger partial charge in [-0.25, -0.2) is 0 Å². The number of hydrogen-bond acceptors (Lipinski definition) is 5. The maximum absolute atomic E-state index is 15.2. The minimum Gasteiger partial charge on any atom is -0.452 e. The van der Waals surface area contributed by atoms with Gasteiger partial charge in [0, 0.05) is 21.4 Å². The highest BCUT2D eigenvalue weighted by molar-refractivity contribution is 9.10. The number of esters is 1. The van der Waals surface area contributed by atoms with Gasteiger partial charge in [-0.15, -0.1) is 0 Å². The normalized spacial score (nSPS) is 22.0. The van der Waals surface area contributed by atoms with Gasteiger partial charge in [-0.1, -0.05) is 137 Å². The van der Waals surface area contributed by atoms with Crippen LogP contribution < -0.4 is 10.2 Å². The monoisotopic (exact) mass is 680 g/mol. The zero-order valence-electron chi connectivity index (χ0n) is 25.1. The van der Waals surface area contributed by atoms with Gasteiger partial charge in [-0.3, -0.25) is 14.4 Å². The van der Waals surface area contributed by atoms with Crippen LogP contribution in [-0.4, -0.2) is 29.7 Å². The summed E-state index contributed by atoms with van der Waals surface area (Å²) < 4.78 is 7.39. The summed E-state index contributed by atoms with van der Waals surface area (Å²) in [6, 6.07) is 39.8. The molecule has 3 heterocycles. The summed E-state index contributed by atoms with van der Waals surface area (Å²) in [5.41, 5.74) is 3.54. The molecule has 1 N–H and O–H groups in total. The van der Waals surface area contributed by atoms with Crippen molar-refractivity contribution in [3.05, 3.63) is 172 Å². The maximum Gasteiger partial charge on any atom is 0.314 e. The van der Waals surface area contributed by atoms with Crippen LogP contribution in [-0.2, 0) is 19.7 Å². The number of ketones is 1. The number of Topliss-reactive ketones (excluding diaryl/α,β-unsaturated/α-hetero) is 1. The molecule has 1 amide bonds. The van der Waals surface area contributed by atoms with E-state index in [-0.39, 0.29) is 11.7 Å². The Kier molecular flexibility index (Phi) is 7.14. The van der Waals surface area contributed by atoms with Crippen molar-refractivity contribution < 1.29 is 19.1 Å². The van der Waals surface area contributed by atoms with Gasteiger partial charge in [0.15, 0.2) is 11.9 Å². The molecule has 0 saturated carbocycles. The van der Waals surface area contributed by atoms with Gasteiger partial charge in [0.05, 0.1) is 6.04 Å². The second kappa shape index (κ2) is 11.5. The Balaban J connectivity index is 1.36. The predicted molar refractivity (Wildman–Crippen MR) is 185 cm³/mol. The zero-order chi connectivity index (χ0) is 32.1. The zero-order valence-corrected chi connectivity index (χ0v) is 26.7. The highest BCUT2D eigenvalue weighted by Gasteiger charge is 2.71. The fraction of sp³-hybridized carbons (Fsp3) is 0.125. The third-order valence-corrected chi connectivity index (χ3v) is 10.2. The van der Waals surface area contributed by atoms with Crippen molar-refractivity contribution in [1.29, 1.82) is 0 Å². The van der Waals surface area contributed by atoms with Crippen molar-refractivity contribution in [3.8, 4) is 0 Å². The van der Waals surface area contributed by atoms with E-state index in [1.54, 1.807) is 12.1 Å². The number of anilines is 2. The van der Waals surface area contributed by atoms with Gasteiger partial charge in [-0.2, -0.15) is 0 Å². The van der Waals surface area contributed by atoms with Gasteiger partial charge < -0.3 is 15.0 Å². The summed E-state index contributed by atoms with van der Waals surface area (Å²) >= 11 is 3.48. The Morgan fingerprint density at radius 1 is 0.766 bits per heavy atom. The van der Waals surface area contributed by atoms with E-state index in [1.165, 1.54) is 0 Å². The summed E-state index contributed by atoms with van der Waals surface area (Å²) in [7, 11) is 0. The molecular formula is C40H29BrN2O4. The van der Waals surface area contributed by atoms with Crippen molar-refractivity contribution >= 4 is 51.0 Å². The van der Waals surface area contributed by atoms with Gasteiger partial charge >= 0.3 is 5.97 Å². The van der Waals surface area contributed by atoms with Gasteiger partial charge in [0.25, 0.3) is 0 Å². The molecule has 0 radical (unpaired) electrons. The number of hydrogen-bond donors (Lipinski definition) is 1. The lowest BCUT2D eigenvalue weighted by Gasteiger charge is -2.37. The molecule has 3 aliphatic heterocycles. The number of carbonyl (C=O) groups excluding carboxylic acids is 3. The number of benzene rings is 5. The van der Waals surface area contributed by atoms with E-state index in [0.29, 0.717) is 16.8 Å². The largest absolute Gasteiger partial charge is 0.452 e. The number of nitrogens with zero attached hydrogens (tertiary/aromatic N) is 1. The van der Waals surface area contributed by atoms with Crippen LogP contribution in [0.3, 0.4) is 0 Å². The first-order valence-electron chi connectivity index (χ1n) is 15.5. The molecule has 0 aromatic heterocycles. The molecule has 1 spiro atoms. The summed E-state index contributed by atoms with van der Waals surface area (Å²) in [5, 5.41) is 3.07. The molecule has 7 heteroatoms. The molecule has 0 bridgehead atoms. The van der Waals surface area contributed by atoms with Crippen LogP contribution in [0.4, 0.5) is 11.4 Å². The number of rotatable bonds is 6. The summed E-state index contributed by atoms with van der Waals surface area (Å²) in [6.45, 7) is 0. The molecule has 6 nitrogen and oxygen atoms in total. The number of nitrogens with one attached hydrogen (secondary N) is 1. The number of ether oxygens (including phenoxy) is 1. The van der Waals surface area contributed by atoms with Crippen LogP contribution in [0.1, 0.15) is 38.7 Å². The Morgan fingerprint density at radius 3 is 2.09 bits per heavy atom. The van der Waals surface area contributed by atoms with Crippen LogP contribution in [0.25, 0.3) is 6.08 Å². The summed E-state index contributed by atoms with van der Waals surface area (Å²) in [6.07, 6.45) is 3.19. The Morgan fingerprint density at radius 2 is 1.38 bits per heavy atom. The molecule has 8 rings (SSSR count). The van der Waals surface area contributed by atoms with Crippen LogP contribution in [0.5, 0.6) is 0 Å². The second-order valence-corrected chi connectivity index (χ2v) is 13.0. The van der Waals surface area contributed by atoms with Crippen LogP contribution >= 0.6 is 15.9 Å². The molecule has 1 fully saturated rings. The van der Waals surface area contributed by atoms with Crippen LogP contribution in [0, 0.1) is 5.92 Å².